The van der Waals surface area contributed by atoms with Crippen LogP contribution in [0.5, 0.6) is 0 Å². The van der Waals surface area contributed by atoms with E-state index >= 15 is 0 Å². The molecule has 16 heavy (non-hydrogen) atoms. The van der Waals surface area contributed by atoms with Crippen LogP contribution in [-0.4, -0.2) is 47.5 Å². The van der Waals surface area contributed by atoms with E-state index in [-0.39, 0.29) is 18.6 Å². The maximum Gasteiger partial charge on any atom is 0.0558 e. The summed E-state index contributed by atoms with van der Waals surface area (Å²) in [6, 6.07) is 0.629. The van der Waals surface area contributed by atoms with Crippen LogP contribution in [-0.2, 0) is 0 Å². The minimum absolute atomic E-state index is 0.0161. The zero-order chi connectivity index (χ0) is 12.0. The van der Waals surface area contributed by atoms with Crippen LogP contribution >= 0.6 is 0 Å². The Labute approximate surface area is 99.5 Å². The van der Waals surface area contributed by atoms with Gasteiger partial charge in [0, 0.05) is 31.2 Å². The Morgan fingerprint density at radius 3 is 2.31 bits per heavy atom. The summed E-state index contributed by atoms with van der Waals surface area (Å²) in [5, 5.41) is 18.6. The minimum Gasteiger partial charge on any atom is -0.396 e. The third-order valence-corrected chi connectivity index (χ3v) is 4.05. The Balaban J connectivity index is 2.55. The molecule has 1 aliphatic carbocycles. The number of aliphatic hydroxyl groups excluding tert-OH is 2. The van der Waals surface area contributed by atoms with E-state index in [1.807, 2.05) is 0 Å². The van der Waals surface area contributed by atoms with Crippen LogP contribution in [0.25, 0.3) is 0 Å². The summed E-state index contributed by atoms with van der Waals surface area (Å²) < 4.78 is 0. The lowest BCUT2D eigenvalue weighted by Crippen LogP contribution is -2.44. The van der Waals surface area contributed by atoms with Crippen molar-refractivity contribution in [1.82, 2.24) is 4.90 Å². The minimum atomic E-state index is -0.0161. The van der Waals surface area contributed by atoms with Crippen molar-refractivity contribution in [3.8, 4) is 0 Å². The van der Waals surface area contributed by atoms with Crippen LogP contribution in [0.2, 0.25) is 0 Å². The molecule has 3 nitrogen and oxygen atoms in total. The molecule has 1 fully saturated rings. The topological polar surface area (TPSA) is 43.7 Å². The van der Waals surface area contributed by atoms with Crippen molar-refractivity contribution in [1.29, 1.82) is 0 Å². The highest BCUT2D eigenvalue weighted by atomic mass is 16.3. The van der Waals surface area contributed by atoms with Gasteiger partial charge in [0.25, 0.3) is 0 Å². The predicted molar refractivity (Wildman–Crippen MR) is 66.4 cm³/mol. The van der Waals surface area contributed by atoms with Gasteiger partial charge in [-0.1, -0.05) is 26.7 Å². The van der Waals surface area contributed by atoms with Crippen LogP contribution < -0.4 is 0 Å². The molecule has 3 heteroatoms. The van der Waals surface area contributed by atoms with Crippen molar-refractivity contribution in [2.75, 3.05) is 26.3 Å². The van der Waals surface area contributed by atoms with E-state index in [9.17, 15) is 5.11 Å². The maximum atomic E-state index is 9.46. The summed E-state index contributed by atoms with van der Waals surface area (Å²) in [5.74, 6) is 0. The van der Waals surface area contributed by atoms with Crippen molar-refractivity contribution >= 4 is 0 Å². The molecule has 0 saturated heterocycles. The van der Waals surface area contributed by atoms with Gasteiger partial charge in [0.1, 0.15) is 0 Å². The summed E-state index contributed by atoms with van der Waals surface area (Å²) in [7, 11) is 0. The Bertz CT molecular complexity index is 186. The first-order valence-corrected chi connectivity index (χ1v) is 6.61. The fraction of sp³-hybridized carbons (Fsp3) is 1.00. The number of aliphatic hydroxyl groups is 2. The molecule has 0 heterocycles. The first-order chi connectivity index (χ1) is 7.65. The summed E-state index contributed by atoms with van der Waals surface area (Å²) in [6.45, 7) is 6.37. The first kappa shape index (κ1) is 13.9. The second kappa shape index (κ2) is 6.58. The van der Waals surface area contributed by atoms with Crippen LogP contribution in [0.15, 0.2) is 0 Å². The molecule has 1 unspecified atom stereocenters. The van der Waals surface area contributed by atoms with Crippen LogP contribution in [0.1, 0.15) is 46.0 Å². The fourth-order valence-corrected chi connectivity index (χ4v) is 2.55. The number of hydrogen-bond acceptors (Lipinski definition) is 3. The molecule has 96 valence electrons. The molecule has 0 aromatic rings. The van der Waals surface area contributed by atoms with E-state index in [4.69, 9.17) is 5.11 Å². The highest BCUT2D eigenvalue weighted by Crippen LogP contribution is 2.28. The fourth-order valence-electron chi connectivity index (χ4n) is 2.55. The highest BCUT2D eigenvalue weighted by Gasteiger charge is 2.29. The van der Waals surface area contributed by atoms with E-state index in [1.165, 1.54) is 25.7 Å². The second-order valence-electron chi connectivity index (χ2n) is 5.45. The average molecular weight is 229 g/mol. The molecule has 0 radical (unpaired) electrons. The zero-order valence-electron chi connectivity index (χ0n) is 10.8. The van der Waals surface area contributed by atoms with Crippen LogP contribution in [0.3, 0.4) is 0 Å². The van der Waals surface area contributed by atoms with Crippen molar-refractivity contribution in [3.05, 3.63) is 0 Å². The summed E-state index contributed by atoms with van der Waals surface area (Å²) in [6.07, 6.45) is 6.12. The Kier molecular flexibility index (Phi) is 5.73. The van der Waals surface area contributed by atoms with Crippen molar-refractivity contribution in [2.45, 2.75) is 52.0 Å². The number of nitrogens with zero attached hydrogens (tertiary/aromatic N) is 1. The molecule has 0 amide bonds. The van der Waals surface area contributed by atoms with Gasteiger partial charge in [-0.05, 0) is 19.3 Å². The molecule has 0 aromatic carbocycles. The zero-order valence-corrected chi connectivity index (χ0v) is 10.8. The molecule has 0 aliphatic heterocycles. The monoisotopic (exact) mass is 229 g/mol. The molecule has 0 spiro atoms. The Morgan fingerprint density at radius 1 is 1.25 bits per heavy atom. The predicted octanol–water partition coefficient (Wildman–Crippen LogP) is 1.63. The van der Waals surface area contributed by atoms with Crippen molar-refractivity contribution in [2.24, 2.45) is 5.41 Å². The summed E-state index contributed by atoms with van der Waals surface area (Å²) in [4.78, 5) is 2.38. The van der Waals surface area contributed by atoms with Gasteiger partial charge < -0.3 is 10.2 Å². The Morgan fingerprint density at radius 2 is 1.88 bits per heavy atom. The Hall–Kier alpha value is -0.120. The standard InChI is InChI=1S/C13H27NO2/c1-3-13(2,11-16)10-14(8-9-15)12-6-4-5-7-12/h12,15-16H,3-11H2,1-2H3. The van der Waals surface area contributed by atoms with Gasteiger partial charge >= 0.3 is 0 Å². The molecule has 0 bridgehead atoms. The quantitative estimate of drug-likeness (QED) is 0.697. The third-order valence-electron chi connectivity index (χ3n) is 4.05. The molecule has 0 aromatic heterocycles. The number of hydrogen-bond donors (Lipinski definition) is 2. The van der Waals surface area contributed by atoms with Crippen molar-refractivity contribution < 1.29 is 10.2 Å². The highest BCUT2D eigenvalue weighted by molar-refractivity contribution is 4.83. The van der Waals surface area contributed by atoms with E-state index in [0.717, 1.165) is 19.5 Å². The van der Waals surface area contributed by atoms with Gasteiger partial charge in [0.05, 0.1) is 6.61 Å². The van der Waals surface area contributed by atoms with E-state index in [0.29, 0.717) is 6.04 Å². The smallest absolute Gasteiger partial charge is 0.0558 e. The van der Waals surface area contributed by atoms with E-state index < -0.39 is 0 Å². The maximum absolute atomic E-state index is 9.46. The molecule has 1 saturated carbocycles. The summed E-state index contributed by atoms with van der Waals surface area (Å²) >= 11 is 0. The molecular formula is C13H27NO2. The molecule has 1 atom stereocenters. The van der Waals surface area contributed by atoms with Gasteiger partial charge in [0.15, 0.2) is 0 Å². The van der Waals surface area contributed by atoms with Gasteiger partial charge in [-0.2, -0.15) is 0 Å². The SMILES string of the molecule is CCC(C)(CO)CN(CCO)C1CCCC1. The largest absolute Gasteiger partial charge is 0.396 e. The van der Waals surface area contributed by atoms with Crippen LogP contribution in [0, 0.1) is 5.41 Å². The summed E-state index contributed by atoms with van der Waals surface area (Å²) in [5.41, 5.74) is -0.0161. The molecule has 1 aliphatic rings. The van der Waals surface area contributed by atoms with Crippen LogP contribution in [0.4, 0.5) is 0 Å². The average Bonchev–Trinajstić information content (AvgIpc) is 2.82. The van der Waals surface area contributed by atoms with Crippen molar-refractivity contribution in [3.63, 3.8) is 0 Å². The van der Waals surface area contributed by atoms with E-state index in [1.54, 1.807) is 0 Å². The lowest BCUT2D eigenvalue weighted by Gasteiger charge is -2.36. The van der Waals surface area contributed by atoms with Gasteiger partial charge in [-0.15, -0.1) is 0 Å². The van der Waals surface area contributed by atoms with Gasteiger partial charge in [0.2, 0.25) is 0 Å². The lowest BCUT2D eigenvalue weighted by molar-refractivity contribution is 0.0536. The third kappa shape index (κ3) is 3.72. The van der Waals surface area contributed by atoms with Gasteiger partial charge in [-0.3, -0.25) is 4.90 Å². The van der Waals surface area contributed by atoms with E-state index in [2.05, 4.69) is 18.7 Å². The lowest BCUT2D eigenvalue weighted by atomic mass is 9.87. The second-order valence-corrected chi connectivity index (χ2v) is 5.45. The molecule has 2 N–H and O–H groups in total. The molecular weight excluding hydrogens is 202 g/mol. The normalized spacial score (nSPS) is 21.6. The number of rotatable bonds is 7. The first-order valence-electron chi connectivity index (χ1n) is 6.61. The molecule has 1 rings (SSSR count). The van der Waals surface area contributed by atoms with Gasteiger partial charge in [-0.25, -0.2) is 0 Å².